The summed E-state index contributed by atoms with van der Waals surface area (Å²) in [4.78, 5) is 26.9. The highest BCUT2D eigenvalue weighted by Gasteiger charge is 2.41. The van der Waals surface area contributed by atoms with Crippen LogP contribution in [0, 0.1) is 0 Å². The van der Waals surface area contributed by atoms with Crippen LogP contribution >= 0.6 is 27.3 Å². The molecule has 0 radical (unpaired) electrons. The number of aromatic hydroxyl groups is 1. The summed E-state index contributed by atoms with van der Waals surface area (Å²) in [6, 6.07) is 9.12. The number of carbonyl (C=O) groups excluding carboxylic acids is 1. The molecule has 28 heavy (non-hydrogen) atoms. The first-order chi connectivity index (χ1) is 13.5. The van der Waals surface area contributed by atoms with Crippen LogP contribution in [0.2, 0.25) is 0 Å². The Morgan fingerprint density at radius 3 is 2.79 bits per heavy atom. The predicted octanol–water partition coefficient (Wildman–Crippen LogP) is 4.19. The number of benzene rings is 1. The van der Waals surface area contributed by atoms with E-state index in [1.807, 2.05) is 11.4 Å². The molecular weight excluding hydrogens is 442 g/mol. The normalized spacial score (nSPS) is 21.2. The Bertz CT molecular complexity index is 1180. The summed E-state index contributed by atoms with van der Waals surface area (Å²) in [6.45, 7) is 0. The van der Waals surface area contributed by atoms with E-state index in [2.05, 4.69) is 37.5 Å². The van der Waals surface area contributed by atoms with Crippen molar-refractivity contribution in [3.63, 3.8) is 0 Å². The van der Waals surface area contributed by atoms with Gasteiger partial charge < -0.3 is 10.4 Å². The van der Waals surface area contributed by atoms with E-state index in [0.717, 1.165) is 10.2 Å². The Morgan fingerprint density at radius 1 is 1.14 bits per heavy atom. The molecule has 0 saturated carbocycles. The molecule has 3 heterocycles. The van der Waals surface area contributed by atoms with E-state index < -0.39 is 5.92 Å². The van der Waals surface area contributed by atoms with Gasteiger partial charge in [0, 0.05) is 38.5 Å². The van der Waals surface area contributed by atoms with E-state index >= 15 is 0 Å². The van der Waals surface area contributed by atoms with Crippen molar-refractivity contribution in [3.05, 3.63) is 77.8 Å². The summed E-state index contributed by atoms with van der Waals surface area (Å²) in [5.74, 6) is 0.107. The minimum absolute atomic E-state index is 0.00257. The minimum atomic E-state index is -0.615. The number of anilines is 1. The average Bonchev–Trinajstić information content (AvgIpc) is 3.33. The summed E-state index contributed by atoms with van der Waals surface area (Å²) >= 11 is 5.08. The van der Waals surface area contributed by atoms with Crippen LogP contribution in [0.25, 0.3) is 0 Å². The molecule has 0 fully saturated rings. The molecule has 142 valence electrons. The molecule has 1 aromatic carbocycles. The average molecular weight is 458 g/mol. The van der Waals surface area contributed by atoms with Gasteiger partial charge in [-0.1, -0.05) is 22.0 Å². The molecular formula is C20H16BrN3O3S. The number of halogens is 1. The van der Waals surface area contributed by atoms with Crippen LogP contribution in [0.4, 0.5) is 5.82 Å². The monoisotopic (exact) mass is 457 g/mol. The lowest BCUT2D eigenvalue weighted by atomic mass is 9.73. The fourth-order valence-corrected chi connectivity index (χ4v) is 5.42. The number of allylic oxidation sites excluding steroid dienone is 2. The van der Waals surface area contributed by atoms with Gasteiger partial charge in [0.05, 0.1) is 11.5 Å². The molecule has 2 aromatic heterocycles. The lowest BCUT2D eigenvalue weighted by Crippen LogP contribution is -2.31. The van der Waals surface area contributed by atoms with Gasteiger partial charge in [0.25, 0.3) is 5.56 Å². The number of ketones is 1. The third-order valence-corrected chi connectivity index (χ3v) is 6.95. The molecule has 6 nitrogen and oxygen atoms in total. The summed E-state index contributed by atoms with van der Waals surface area (Å²) in [7, 11) is 0. The summed E-state index contributed by atoms with van der Waals surface area (Å²) in [5.41, 5.74) is 2.04. The summed E-state index contributed by atoms with van der Waals surface area (Å²) < 4.78 is 0.772. The predicted molar refractivity (Wildman–Crippen MR) is 111 cm³/mol. The van der Waals surface area contributed by atoms with Crippen LogP contribution in [0.3, 0.4) is 0 Å². The van der Waals surface area contributed by atoms with Crippen molar-refractivity contribution in [3.8, 4) is 5.75 Å². The highest BCUT2D eigenvalue weighted by Crippen LogP contribution is 2.48. The van der Waals surface area contributed by atoms with E-state index in [9.17, 15) is 14.7 Å². The minimum Gasteiger partial charge on any atom is -0.508 e. The molecule has 1 aliphatic heterocycles. The number of fused-ring (bicyclic) bond motifs is 1. The van der Waals surface area contributed by atoms with E-state index in [-0.39, 0.29) is 23.0 Å². The van der Waals surface area contributed by atoms with Gasteiger partial charge in [0.15, 0.2) is 5.78 Å². The number of carbonyl (C=O) groups is 1. The number of rotatable bonds is 2. The Kier molecular flexibility index (Phi) is 4.06. The molecule has 8 heteroatoms. The second kappa shape index (κ2) is 6.49. The van der Waals surface area contributed by atoms with Crippen molar-refractivity contribution in [1.82, 2.24) is 10.2 Å². The van der Waals surface area contributed by atoms with Gasteiger partial charge in [-0.25, -0.2) is 0 Å². The van der Waals surface area contributed by atoms with Crippen molar-refractivity contribution >= 4 is 38.9 Å². The van der Waals surface area contributed by atoms with Crippen LogP contribution in [0.15, 0.2) is 56.2 Å². The molecule has 0 unspecified atom stereocenters. The van der Waals surface area contributed by atoms with Crippen molar-refractivity contribution in [2.75, 3.05) is 5.32 Å². The van der Waals surface area contributed by atoms with Crippen LogP contribution in [-0.2, 0) is 4.79 Å². The fourth-order valence-electron chi connectivity index (χ4n) is 4.21. The lowest BCUT2D eigenvalue weighted by molar-refractivity contribution is -0.116. The molecule has 4 N–H and O–H groups in total. The van der Waals surface area contributed by atoms with E-state index in [1.54, 1.807) is 29.5 Å². The van der Waals surface area contributed by atoms with E-state index in [4.69, 9.17) is 0 Å². The van der Waals surface area contributed by atoms with Gasteiger partial charge >= 0.3 is 0 Å². The number of nitrogens with one attached hydrogen (secondary N) is 3. The van der Waals surface area contributed by atoms with Crippen molar-refractivity contribution < 1.29 is 9.90 Å². The van der Waals surface area contributed by atoms with Crippen LogP contribution in [0.1, 0.15) is 40.7 Å². The zero-order valence-corrected chi connectivity index (χ0v) is 17.0. The van der Waals surface area contributed by atoms with E-state index in [0.29, 0.717) is 35.4 Å². The number of aromatic nitrogens is 2. The third kappa shape index (κ3) is 2.67. The number of phenols is 1. The maximum absolute atomic E-state index is 13.2. The lowest BCUT2D eigenvalue weighted by Gasteiger charge is -2.34. The number of Topliss-reactive ketones (excluding diaryl/α,β-unsaturated/α-hetero) is 1. The van der Waals surface area contributed by atoms with E-state index in [1.165, 1.54) is 4.88 Å². The first-order valence-corrected chi connectivity index (χ1v) is 10.6. The second-order valence-corrected chi connectivity index (χ2v) is 8.96. The maximum Gasteiger partial charge on any atom is 0.270 e. The molecule has 2 aliphatic rings. The van der Waals surface area contributed by atoms with Crippen LogP contribution in [0.5, 0.6) is 5.75 Å². The Morgan fingerprint density at radius 2 is 2.00 bits per heavy atom. The quantitative estimate of drug-likeness (QED) is 0.463. The molecule has 0 bridgehead atoms. The number of hydrogen-bond acceptors (Lipinski definition) is 5. The topological polar surface area (TPSA) is 98.0 Å². The zero-order chi connectivity index (χ0) is 19.4. The number of thiophene rings is 1. The molecule has 0 saturated heterocycles. The third-order valence-electron chi connectivity index (χ3n) is 5.42. The van der Waals surface area contributed by atoms with Crippen molar-refractivity contribution in [2.24, 2.45) is 0 Å². The Labute approximate surface area is 172 Å². The van der Waals surface area contributed by atoms with Gasteiger partial charge in [-0.3, -0.25) is 19.8 Å². The van der Waals surface area contributed by atoms with Gasteiger partial charge in [-0.15, -0.1) is 11.3 Å². The second-order valence-electron chi connectivity index (χ2n) is 7.06. The molecule has 0 amide bonds. The fraction of sp³-hybridized carbons (Fsp3) is 0.200. The molecule has 0 spiro atoms. The number of H-pyrrole nitrogens is 2. The molecule has 5 rings (SSSR count). The maximum atomic E-state index is 13.2. The first-order valence-electron chi connectivity index (χ1n) is 8.88. The van der Waals surface area contributed by atoms with Crippen molar-refractivity contribution in [2.45, 2.75) is 24.7 Å². The zero-order valence-electron chi connectivity index (χ0n) is 14.6. The van der Waals surface area contributed by atoms with Crippen LogP contribution in [-0.4, -0.2) is 21.1 Å². The van der Waals surface area contributed by atoms with Crippen LogP contribution < -0.4 is 10.9 Å². The first kappa shape index (κ1) is 17.5. The standard InChI is InChI=1S/C20H16BrN3O3S/c21-10-3-4-13(25)11(8-10)16-17-12(22-19-18(16)20(27)24-23-19)6-9(7-14(17)26)15-2-1-5-28-15/h1-5,8-9,16,25H,6-7H2,(H3,22,23,24,27)/t9-,16-/m0/s1. The number of aromatic amines is 2. The number of phenolic OH excluding ortho intramolecular Hbond substituents is 1. The smallest absolute Gasteiger partial charge is 0.270 e. The highest BCUT2D eigenvalue weighted by atomic mass is 79.9. The summed E-state index contributed by atoms with van der Waals surface area (Å²) in [6.07, 6.45) is 1.07. The van der Waals surface area contributed by atoms with Gasteiger partial charge in [0.1, 0.15) is 11.6 Å². The summed E-state index contributed by atoms with van der Waals surface area (Å²) in [5, 5.41) is 21.3. The largest absolute Gasteiger partial charge is 0.508 e. The Hall–Kier alpha value is -2.58. The van der Waals surface area contributed by atoms with Gasteiger partial charge in [-0.05, 0) is 36.1 Å². The molecule has 1 aliphatic carbocycles. The molecule has 3 aromatic rings. The Balaban J connectivity index is 1.70. The van der Waals surface area contributed by atoms with Crippen molar-refractivity contribution in [1.29, 1.82) is 0 Å². The SMILES string of the molecule is O=C1C[C@@H](c2cccs2)CC2=C1[C@H](c1cc(Br)ccc1O)c1c([nH][nH]c1=O)N2. The number of hydrogen-bond donors (Lipinski definition) is 4. The van der Waals surface area contributed by atoms with Gasteiger partial charge in [0.2, 0.25) is 0 Å². The van der Waals surface area contributed by atoms with Gasteiger partial charge in [-0.2, -0.15) is 0 Å². The molecule has 2 atom stereocenters. The highest BCUT2D eigenvalue weighted by molar-refractivity contribution is 9.10.